The van der Waals surface area contributed by atoms with E-state index in [-0.39, 0.29) is 5.91 Å². The van der Waals surface area contributed by atoms with Gasteiger partial charge in [-0.25, -0.2) is 9.97 Å². The van der Waals surface area contributed by atoms with Gasteiger partial charge in [-0.05, 0) is 31.5 Å². The maximum absolute atomic E-state index is 12.3. The molecule has 0 radical (unpaired) electrons. The lowest BCUT2D eigenvalue weighted by molar-refractivity contribution is 0.0944. The third-order valence-corrected chi connectivity index (χ3v) is 4.05. The van der Waals surface area contributed by atoms with Crippen molar-refractivity contribution in [1.82, 2.24) is 25.2 Å². The van der Waals surface area contributed by atoms with Gasteiger partial charge in [0, 0.05) is 37.6 Å². The molecule has 0 saturated carbocycles. The Morgan fingerprint density at radius 2 is 2.41 bits per heavy atom. The average molecular weight is 299 g/mol. The molecule has 2 aromatic heterocycles. The summed E-state index contributed by atoms with van der Waals surface area (Å²) in [6, 6.07) is 5.67. The van der Waals surface area contributed by atoms with Crippen molar-refractivity contribution in [2.45, 2.75) is 25.3 Å². The van der Waals surface area contributed by atoms with Crippen LogP contribution in [0.15, 0.2) is 30.6 Å². The van der Waals surface area contributed by atoms with Crippen LogP contribution in [0.3, 0.4) is 0 Å². The first-order valence-electron chi connectivity index (χ1n) is 7.66. The zero-order chi connectivity index (χ0) is 15.4. The van der Waals surface area contributed by atoms with E-state index >= 15 is 0 Å². The number of nitrogens with zero attached hydrogens (tertiary/aromatic N) is 3. The van der Waals surface area contributed by atoms with E-state index < -0.39 is 0 Å². The summed E-state index contributed by atoms with van der Waals surface area (Å²) < 4.78 is 1.89. The number of carbonyl (C=O) groups excluding carboxylic acids is 1. The molecule has 1 saturated heterocycles. The van der Waals surface area contributed by atoms with E-state index in [1.807, 2.05) is 29.9 Å². The molecule has 3 rings (SSSR count). The predicted octanol–water partition coefficient (Wildman–Crippen LogP) is 1.21. The van der Waals surface area contributed by atoms with Gasteiger partial charge in [0.1, 0.15) is 11.5 Å². The van der Waals surface area contributed by atoms with Crippen LogP contribution in [0.25, 0.3) is 0 Å². The van der Waals surface area contributed by atoms with Crippen molar-refractivity contribution in [2.75, 3.05) is 13.1 Å². The van der Waals surface area contributed by atoms with Crippen molar-refractivity contribution >= 4 is 5.91 Å². The molecule has 3 heterocycles. The zero-order valence-corrected chi connectivity index (χ0v) is 12.7. The SMILES string of the molecule is Cn1ccnc1CNC(=O)c1cccc([C@H]2CCCNC2)n1. The molecule has 2 aromatic rings. The van der Waals surface area contributed by atoms with Gasteiger partial charge in [0.15, 0.2) is 0 Å². The highest BCUT2D eigenvalue weighted by molar-refractivity contribution is 5.92. The second-order valence-corrected chi connectivity index (χ2v) is 5.63. The van der Waals surface area contributed by atoms with Gasteiger partial charge in [0.05, 0.1) is 6.54 Å². The quantitative estimate of drug-likeness (QED) is 0.890. The van der Waals surface area contributed by atoms with Crippen molar-refractivity contribution in [1.29, 1.82) is 0 Å². The van der Waals surface area contributed by atoms with Gasteiger partial charge < -0.3 is 15.2 Å². The van der Waals surface area contributed by atoms with Crippen LogP contribution in [0.5, 0.6) is 0 Å². The first-order valence-corrected chi connectivity index (χ1v) is 7.66. The molecule has 22 heavy (non-hydrogen) atoms. The standard InChI is InChI=1S/C16H21N5O/c1-21-9-8-18-15(21)11-19-16(22)14-6-2-5-13(20-14)12-4-3-7-17-10-12/h2,5-6,8-9,12,17H,3-4,7,10-11H2,1H3,(H,19,22)/t12-/m0/s1. The minimum absolute atomic E-state index is 0.159. The Kier molecular flexibility index (Phi) is 4.48. The van der Waals surface area contributed by atoms with E-state index in [2.05, 4.69) is 20.6 Å². The number of piperidine rings is 1. The van der Waals surface area contributed by atoms with Crippen LogP contribution in [-0.4, -0.2) is 33.5 Å². The van der Waals surface area contributed by atoms with E-state index in [1.165, 1.54) is 0 Å². The Balaban J connectivity index is 1.66. The summed E-state index contributed by atoms with van der Waals surface area (Å²) in [4.78, 5) is 21.0. The van der Waals surface area contributed by atoms with Gasteiger partial charge in [0.2, 0.25) is 0 Å². The van der Waals surface area contributed by atoms with Crippen LogP contribution >= 0.6 is 0 Å². The van der Waals surface area contributed by atoms with Gasteiger partial charge in [-0.15, -0.1) is 0 Å². The highest BCUT2D eigenvalue weighted by Crippen LogP contribution is 2.21. The molecule has 1 atom stereocenters. The summed E-state index contributed by atoms with van der Waals surface area (Å²) in [5, 5.41) is 6.25. The molecule has 0 aliphatic carbocycles. The van der Waals surface area contributed by atoms with Crippen LogP contribution in [0.4, 0.5) is 0 Å². The van der Waals surface area contributed by atoms with E-state index in [1.54, 1.807) is 12.3 Å². The van der Waals surface area contributed by atoms with Crippen LogP contribution < -0.4 is 10.6 Å². The fraction of sp³-hybridized carbons (Fsp3) is 0.438. The highest BCUT2D eigenvalue weighted by Gasteiger charge is 2.18. The van der Waals surface area contributed by atoms with Crippen LogP contribution in [0, 0.1) is 0 Å². The minimum atomic E-state index is -0.159. The molecule has 6 nitrogen and oxygen atoms in total. The van der Waals surface area contributed by atoms with Crippen LogP contribution in [-0.2, 0) is 13.6 Å². The number of carbonyl (C=O) groups is 1. The highest BCUT2D eigenvalue weighted by atomic mass is 16.1. The van der Waals surface area contributed by atoms with E-state index in [9.17, 15) is 4.79 Å². The van der Waals surface area contributed by atoms with E-state index in [0.717, 1.165) is 37.4 Å². The maximum Gasteiger partial charge on any atom is 0.270 e. The number of hydrogen-bond donors (Lipinski definition) is 2. The topological polar surface area (TPSA) is 71.8 Å². The van der Waals surface area contributed by atoms with Crippen molar-refractivity contribution in [3.8, 4) is 0 Å². The molecule has 116 valence electrons. The van der Waals surface area contributed by atoms with Crippen LogP contribution in [0.2, 0.25) is 0 Å². The van der Waals surface area contributed by atoms with Crippen molar-refractivity contribution in [2.24, 2.45) is 7.05 Å². The third kappa shape index (κ3) is 3.33. The Labute approximate surface area is 130 Å². The molecule has 0 aromatic carbocycles. The number of nitrogens with one attached hydrogen (secondary N) is 2. The Morgan fingerprint density at radius 1 is 1.50 bits per heavy atom. The lowest BCUT2D eigenvalue weighted by atomic mass is 9.95. The van der Waals surface area contributed by atoms with Gasteiger partial charge in [0.25, 0.3) is 5.91 Å². The molecular formula is C16H21N5O. The molecule has 0 unspecified atom stereocenters. The molecule has 1 aliphatic heterocycles. The Morgan fingerprint density at radius 3 is 3.14 bits per heavy atom. The second kappa shape index (κ2) is 6.70. The normalized spacial score (nSPS) is 18.1. The first-order chi connectivity index (χ1) is 10.7. The predicted molar refractivity (Wildman–Crippen MR) is 83.5 cm³/mol. The largest absolute Gasteiger partial charge is 0.343 e. The van der Waals surface area contributed by atoms with Gasteiger partial charge in [-0.2, -0.15) is 0 Å². The summed E-state index contributed by atoms with van der Waals surface area (Å²) in [5.74, 6) is 1.06. The summed E-state index contributed by atoms with van der Waals surface area (Å²) in [5.41, 5.74) is 1.47. The number of pyridine rings is 1. The lowest BCUT2D eigenvalue weighted by Crippen LogP contribution is -2.30. The van der Waals surface area contributed by atoms with Crippen molar-refractivity contribution in [3.05, 3.63) is 47.8 Å². The van der Waals surface area contributed by atoms with Crippen molar-refractivity contribution in [3.63, 3.8) is 0 Å². The number of hydrogen-bond acceptors (Lipinski definition) is 4. The molecule has 1 aliphatic rings. The first kappa shape index (κ1) is 14.7. The van der Waals surface area contributed by atoms with E-state index in [0.29, 0.717) is 18.2 Å². The summed E-state index contributed by atoms with van der Waals surface area (Å²) >= 11 is 0. The number of amides is 1. The number of rotatable bonds is 4. The van der Waals surface area contributed by atoms with Crippen molar-refractivity contribution < 1.29 is 4.79 Å². The Hall–Kier alpha value is -2.21. The molecule has 6 heteroatoms. The summed E-state index contributed by atoms with van der Waals surface area (Å²) in [7, 11) is 1.91. The maximum atomic E-state index is 12.3. The third-order valence-electron chi connectivity index (χ3n) is 4.05. The van der Waals surface area contributed by atoms with Crippen LogP contribution in [0.1, 0.15) is 40.8 Å². The van der Waals surface area contributed by atoms with Gasteiger partial charge in [-0.1, -0.05) is 6.07 Å². The molecule has 0 bridgehead atoms. The summed E-state index contributed by atoms with van der Waals surface area (Å²) in [6.07, 6.45) is 5.85. The zero-order valence-electron chi connectivity index (χ0n) is 12.7. The molecule has 0 spiro atoms. The summed E-state index contributed by atoms with van der Waals surface area (Å²) in [6.45, 7) is 2.41. The molecule has 1 amide bonds. The monoisotopic (exact) mass is 299 g/mol. The average Bonchev–Trinajstić information content (AvgIpc) is 2.99. The smallest absolute Gasteiger partial charge is 0.270 e. The number of aryl methyl sites for hydroxylation is 1. The second-order valence-electron chi connectivity index (χ2n) is 5.63. The molecule has 1 fully saturated rings. The minimum Gasteiger partial charge on any atom is -0.343 e. The Bertz CT molecular complexity index is 645. The fourth-order valence-electron chi connectivity index (χ4n) is 2.73. The number of aromatic nitrogens is 3. The van der Waals surface area contributed by atoms with E-state index in [4.69, 9.17) is 0 Å². The number of imidazole rings is 1. The lowest BCUT2D eigenvalue weighted by Gasteiger charge is -2.22. The van der Waals surface area contributed by atoms with Gasteiger partial charge >= 0.3 is 0 Å². The van der Waals surface area contributed by atoms with Gasteiger partial charge in [-0.3, -0.25) is 4.79 Å². The molecular weight excluding hydrogens is 278 g/mol. The fourth-order valence-corrected chi connectivity index (χ4v) is 2.73. The molecule has 2 N–H and O–H groups in total.